The van der Waals surface area contributed by atoms with Gasteiger partial charge in [-0.25, -0.2) is 0 Å². The van der Waals surface area contributed by atoms with Gasteiger partial charge < -0.3 is 19.7 Å². The molecule has 2 N–H and O–H groups in total. The number of morpholine rings is 1. The Balaban J connectivity index is 1.62. The van der Waals surface area contributed by atoms with E-state index in [1.54, 1.807) is 7.11 Å². The van der Waals surface area contributed by atoms with E-state index < -0.39 is 0 Å². The average Bonchev–Trinajstić information content (AvgIpc) is 2.75. The van der Waals surface area contributed by atoms with E-state index in [0.29, 0.717) is 13.0 Å². The maximum absolute atomic E-state index is 12.6. The molecular formula is C23H31N2O3+. The third kappa shape index (κ3) is 5.57. The highest BCUT2D eigenvalue weighted by Gasteiger charge is 2.27. The van der Waals surface area contributed by atoms with Crippen molar-refractivity contribution in [2.75, 3.05) is 40.0 Å². The first-order valence-electron chi connectivity index (χ1n) is 10.0. The minimum absolute atomic E-state index is 0.0996. The number of ether oxygens (including phenoxy) is 2. The molecule has 2 atom stereocenters. The minimum Gasteiger partial charge on any atom is -0.497 e. The van der Waals surface area contributed by atoms with E-state index in [1.165, 1.54) is 16.0 Å². The first-order chi connectivity index (χ1) is 13.7. The monoisotopic (exact) mass is 383 g/mol. The van der Waals surface area contributed by atoms with Gasteiger partial charge in [0, 0.05) is 12.0 Å². The lowest BCUT2D eigenvalue weighted by Gasteiger charge is -2.32. The Morgan fingerprint density at radius 2 is 1.75 bits per heavy atom. The lowest BCUT2D eigenvalue weighted by atomic mass is 9.97. The molecule has 0 saturated carbocycles. The normalized spacial score (nSPS) is 16.9. The van der Waals surface area contributed by atoms with Crippen LogP contribution >= 0.6 is 0 Å². The fraction of sp³-hybridized carbons (Fsp3) is 0.435. The van der Waals surface area contributed by atoms with E-state index in [9.17, 15) is 4.79 Å². The SMILES string of the molecule is COc1ccc([C@H](CNC(=O)C[C@H](C)c2ccccc2)[NH+]2CCOCC2)cc1. The van der Waals surface area contributed by atoms with E-state index in [1.807, 2.05) is 30.3 Å². The molecule has 1 aliphatic heterocycles. The molecule has 2 aromatic rings. The summed E-state index contributed by atoms with van der Waals surface area (Å²) in [6.07, 6.45) is 0.498. The standard InChI is InChI=1S/C23H30N2O3/c1-18(19-6-4-3-5-7-19)16-23(26)24-17-22(25-12-14-28-15-13-25)20-8-10-21(27-2)11-9-20/h3-11,18,22H,12-17H2,1-2H3,(H,24,26)/p+1/t18-,22-/m0/s1. The van der Waals surface area contributed by atoms with Crippen molar-refractivity contribution in [2.45, 2.75) is 25.3 Å². The predicted octanol–water partition coefficient (Wildman–Crippen LogP) is 1.96. The van der Waals surface area contributed by atoms with Gasteiger partial charge in [-0.2, -0.15) is 0 Å². The molecule has 0 radical (unpaired) electrons. The van der Waals surface area contributed by atoms with E-state index >= 15 is 0 Å². The van der Waals surface area contributed by atoms with Gasteiger partial charge in [-0.05, 0) is 35.7 Å². The molecule has 1 amide bonds. The fourth-order valence-electron chi connectivity index (χ4n) is 3.78. The third-order valence-electron chi connectivity index (χ3n) is 5.51. The smallest absolute Gasteiger partial charge is 0.220 e. The Morgan fingerprint density at radius 3 is 2.39 bits per heavy atom. The molecule has 28 heavy (non-hydrogen) atoms. The van der Waals surface area contributed by atoms with Gasteiger partial charge in [0.1, 0.15) is 24.9 Å². The number of hydrogen-bond donors (Lipinski definition) is 2. The molecule has 0 unspecified atom stereocenters. The number of carbonyl (C=O) groups excluding carboxylic acids is 1. The number of hydrogen-bond acceptors (Lipinski definition) is 3. The highest BCUT2D eigenvalue weighted by molar-refractivity contribution is 5.76. The van der Waals surface area contributed by atoms with Crippen LogP contribution in [0.3, 0.4) is 0 Å². The van der Waals surface area contributed by atoms with E-state index in [2.05, 4.69) is 36.5 Å². The molecule has 0 spiro atoms. The fourth-order valence-corrected chi connectivity index (χ4v) is 3.78. The summed E-state index contributed by atoms with van der Waals surface area (Å²) in [5.74, 6) is 1.15. The second-order valence-corrected chi connectivity index (χ2v) is 7.42. The summed E-state index contributed by atoms with van der Waals surface area (Å²) in [5.41, 5.74) is 2.41. The Morgan fingerprint density at radius 1 is 1.07 bits per heavy atom. The molecule has 1 aliphatic rings. The highest BCUT2D eigenvalue weighted by Crippen LogP contribution is 2.19. The Labute approximate surface area is 167 Å². The second kappa shape index (κ2) is 10.2. The van der Waals surface area contributed by atoms with Crippen molar-refractivity contribution in [3.63, 3.8) is 0 Å². The van der Waals surface area contributed by atoms with Gasteiger partial charge in [0.05, 0.1) is 26.9 Å². The quantitative estimate of drug-likeness (QED) is 0.733. The summed E-state index contributed by atoms with van der Waals surface area (Å²) in [4.78, 5) is 14.0. The van der Waals surface area contributed by atoms with Crippen LogP contribution in [-0.2, 0) is 9.53 Å². The van der Waals surface area contributed by atoms with Crippen LogP contribution in [0.15, 0.2) is 54.6 Å². The molecule has 150 valence electrons. The third-order valence-corrected chi connectivity index (χ3v) is 5.51. The zero-order chi connectivity index (χ0) is 19.8. The lowest BCUT2D eigenvalue weighted by Crippen LogP contribution is -3.15. The van der Waals surface area contributed by atoms with Crippen LogP contribution in [0.5, 0.6) is 5.75 Å². The van der Waals surface area contributed by atoms with Gasteiger partial charge in [-0.15, -0.1) is 0 Å². The molecule has 3 rings (SSSR count). The maximum Gasteiger partial charge on any atom is 0.220 e. The van der Waals surface area contributed by atoms with Crippen molar-refractivity contribution in [1.29, 1.82) is 0 Å². The Kier molecular flexibility index (Phi) is 7.46. The zero-order valence-corrected chi connectivity index (χ0v) is 16.8. The molecule has 5 heteroatoms. The van der Waals surface area contributed by atoms with E-state index in [-0.39, 0.29) is 17.9 Å². The van der Waals surface area contributed by atoms with Gasteiger partial charge in [0.15, 0.2) is 0 Å². The number of methoxy groups -OCH3 is 1. The van der Waals surface area contributed by atoms with E-state index in [4.69, 9.17) is 9.47 Å². The van der Waals surface area contributed by atoms with Crippen LogP contribution in [0.25, 0.3) is 0 Å². The van der Waals surface area contributed by atoms with Crippen LogP contribution in [-0.4, -0.2) is 45.9 Å². The summed E-state index contributed by atoms with van der Waals surface area (Å²) < 4.78 is 10.8. The Bertz CT molecular complexity index is 727. The largest absolute Gasteiger partial charge is 0.497 e. The van der Waals surface area contributed by atoms with Gasteiger partial charge in [0.25, 0.3) is 0 Å². The molecule has 1 saturated heterocycles. The van der Waals surface area contributed by atoms with Gasteiger partial charge in [-0.3, -0.25) is 4.79 Å². The summed E-state index contributed by atoms with van der Waals surface area (Å²) in [6, 6.07) is 18.6. The van der Waals surface area contributed by atoms with Crippen molar-refractivity contribution >= 4 is 5.91 Å². The van der Waals surface area contributed by atoms with Crippen molar-refractivity contribution < 1.29 is 19.2 Å². The lowest BCUT2D eigenvalue weighted by molar-refractivity contribution is -0.937. The summed E-state index contributed by atoms with van der Waals surface area (Å²) in [7, 11) is 1.67. The summed E-state index contributed by atoms with van der Waals surface area (Å²) in [6.45, 7) is 6.16. The summed E-state index contributed by atoms with van der Waals surface area (Å²) in [5, 5.41) is 3.18. The second-order valence-electron chi connectivity index (χ2n) is 7.42. The number of carbonyl (C=O) groups is 1. The molecule has 5 nitrogen and oxygen atoms in total. The molecule has 2 aromatic carbocycles. The molecule has 1 heterocycles. The highest BCUT2D eigenvalue weighted by atomic mass is 16.5. The maximum atomic E-state index is 12.6. The zero-order valence-electron chi connectivity index (χ0n) is 16.8. The van der Waals surface area contributed by atoms with Gasteiger partial charge in [0.2, 0.25) is 5.91 Å². The first kappa shape index (κ1) is 20.4. The van der Waals surface area contributed by atoms with Crippen LogP contribution < -0.4 is 15.0 Å². The molecular weight excluding hydrogens is 352 g/mol. The number of amides is 1. The van der Waals surface area contributed by atoms with Crippen molar-refractivity contribution in [3.05, 3.63) is 65.7 Å². The Hall–Kier alpha value is -2.37. The van der Waals surface area contributed by atoms with Gasteiger partial charge in [-0.1, -0.05) is 37.3 Å². The number of quaternary nitrogens is 1. The van der Waals surface area contributed by atoms with Crippen LogP contribution in [0.1, 0.15) is 36.4 Å². The molecule has 1 fully saturated rings. The van der Waals surface area contributed by atoms with Crippen molar-refractivity contribution in [3.8, 4) is 5.75 Å². The van der Waals surface area contributed by atoms with Crippen molar-refractivity contribution in [1.82, 2.24) is 5.32 Å². The van der Waals surface area contributed by atoms with Crippen LogP contribution in [0.4, 0.5) is 0 Å². The number of nitrogens with one attached hydrogen (secondary N) is 2. The molecule has 0 aliphatic carbocycles. The first-order valence-corrected chi connectivity index (χ1v) is 10.0. The summed E-state index contributed by atoms with van der Waals surface area (Å²) >= 11 is 0. The molecule has 0 aromatic heterocycles. The van der Waals surface area contributed by atoms with Gasteiger partial charge >= 0.3 is 0 Å². The molecule has 0 bridgehead atoms. The van der Waals surface area contributed by atoms with Crippen LogP contribution in [0.2, 0.25) is 0 Å². The topological polar surface area (TPSA) is 52.0 Å². The van der Waals surface area contributed by atoms with Crippen LogP contribution in [0, 0.1) is 0 Å². The predicted molar refractivity (Wildman–Crippen MR) is 110 cm³/mol. The van der Waals surface area contributed by atoms with Crippen molar-refractivity contribution in [2.24, 2.45) is 0 Å². The minimum atomic E-state index is 0.0996. The van der Waals surface area contributed by atoms with E-state index in [0.717, 1.165) is 32.1 Å². The number of rotatable bonds is 8. The average molecular weight is 384 g/mol. The number of benzene rings is 2.